The van der Waals surface area contributed by atoms with Crippen molar-refractivity contribution in [3.05, 3.63) is 71.6 Å². The molecule has 1 aromatic heterocycles. The third kappa shape index (κ3) is 3.02. The Kier molecular flexibility index (Phi) is 3.99. The predicted octanol–water partition coefficient (Wildman–Crippen LogP) is 5.25. The molecule has 0 saturated carbocycles. The summed E-state index contributed by atoms with van der Waals surface area (Å²) in [6.07, 6.45) is 1.91. The summed E-state index contributed by atoms with van der Waals surface area (Å²) in [4.78, 5) is 0. The van der Waals surface area contributed by atoms with Gasteiger partial charge < -0.3 is 0 Å². The van der Waals surface area contributed by atoms with Crippen LogP contribution in [0.4, 0.5) is 8.78 Å². The monoisotopic (exact) mass is 312 g/mol. The van der Waals surface area contributed by atoms with Crippen LogP contribution in [0.2, 0.25) is 0 Å². The van der Waals surface area contributed by atoms with Gasteiger partial charge in [-0.1, -0.05) is 32.0 Å². The number of rotatable bonds is 3. The molecule has 0 spiro atoms. The molecule has 0 saturated heterocycles. The van der Waals surface area contributed by atoms with Crippen molar-refractivity contribution < 1.29 is 8.78 Å². The summed E-state index contributed by atoms with van der Waals surface area (Å²) >= 11 is 0. The van der Waals surface area contributed by atoms with E-state index in [1.54, 1.807) is 6.07 Å². The molecular weight excluding hydrogens is 294 g/mol. The van der Waals surface area contributed by atoms with Crippen molar-refractivity contribution in [1.29, 1.82) is 0 Å². The van der Waals surface area contributed by atoms with E-state index in [1.165, 1.54) is 6.07 Å². The van der Waals surface area contributed by atoms with Crippen molar-refractivity contribution in [2.75, 3.05) is 0 Å². The number of hydrogen-bond acceptors (Lipinski definition) is 1. The van der Waals surface area contributed by atoms with Gasteiger partial charge in [-0.15, -0.1) is 0 Å². The molecule has 2 nitrogen and oxygen atoms in total. The van der Waals surface area contributed by atoms with Crippen molar-refractivity contribution in [2.45, 2.75) is 26.7 Å². The Labute approximate surface area is 134 Å². The molecule has 0 aliphatic rings. The van der Waals surface area contributed by atoms with Gasteiger partial charge in [0.25, 0.3) is 0 Å². The summed E-state index contributed by atoms with van der Waals surface area (Å²) < 4.78 is 28.5. The zero-order chi connectivity index (χ0) is 16.6. The molecule has 4 heteroatoms. The quantitative estimate of drug-likeness (QED) is 0.646. The Morgan fingerprint density at radius 2 is 1.61 bits per heavy atom. The molecule has 118 valence electrons. The summed E-state index contributed by atoms with van der Waals surface area (Å²) in [5.74, 6) is -1.35. The van der Waals surface area contributed by atoms with Crippen LogP contribution in [-0.2, 0) is 0 Å². The Bertz CT molecular complexity index is 850. The van der Waals surface area contributed by atoms with Crippen LogP contribution in [-0.4, -0.2) is 9.78 Å². The average molecular weight is 312 g/mol. The molecule has 0 aliphatic carbocycles. The molecule has 0 atom stereocenters. The summed E-state index contributed by atoms with van der Waals surface area (Å²) in [6, 6.07) is 11.8. The van der Waals surface area contributed by atoms with Gasteiger partial charge in [0.15, 0.2) is 11.6 Å². The van der Waals surface area contributed by atoms with Crippen molar-refractivity contribution in [3.8, 4) is 16.8 Å². The second kappa shape index (κ2) is 5.95. The molecule has 0 fully saturated rings. The number of hydrogen-bond donors (Lipinski definition) is 0. The first-order valence-corrected chi connectivity index (χ1v) is 7.57. The van der Waals surface area contributed by atoms with Gasteiger partial charge in [0, 0.05) is 6.20 Å². The minimum atomic E-state index is -0.841. The van der Waals surface area contributed by atoms with Crippen LogP contribution in [0.15, 0.2) is 48.7 Å². The minimum absolute atomic E-state index is 0.327. The van der Waals surface area contributed by atoms with Gasteiger partial charge in [0.2, 0.25) is 0 Å². The van der Waals surface area contributed by atoms with E-state index in [1.807, 2.05) is 42.1 Å². The number of aryl methyl sites for hydroxylation is 1. The maximum absolute atomic E-state index is 13.5. The highest BCUT2D eigenvalue weighted by Gasteiger charge is 2.12. The van der Waals surface area contributed by atoms with Crippen molar-refractivity contribution in [3.63, 3.8) is 0 Å². The van der Waals surface area contributed by atoms with Crippen LogP contribution in [0.5, 0.6) is 0 Å². The molecule has 3 rings (SSSR count). The summed E-state index contributed by atoms with van der Waals surface area (Å²) in [6.45, 7) is 6.17. The normalized spacial score (nSPS) is 11.2. The molecule has 2 aromatic carbocycles. The topological polar surface area (TPSA) is 17.8 Å². The molecule has 0 amide bonds. The Morgan fingerprint density at radius 1 is 0.913 bits per heavy atom. The second-order valence-electron chi connectivity index (χ2n) is 5.96. The number of benzene rings is 2. The Hall–Kier alpha value is -2.49. The highest BCUT2D eigenvalue weighted by atomic mass is 19.2. The van der Waals surface area contributed by atoms with E-state index in [-0.39, 0.29) is 0 Å². The molecule has 3 aromatic rings. The van der Waals surface area contributed by atoms with Gasteiger partial charge in [0.1, 0.15) is 0 Å². The lowest BCUT2D eigenvalue weighted by Gasteiger charge is -2.15. The first kappa shape index (κ1) is 15.4. The van der Waals surface area contributed by atoms with Gasteiger partial charge >= 0.3 is 0 Å². The summed E-state index contributed by atoms with van der Waals surface area (Å²) in [5.41, 5.74) is 4.51. The highest BCUT2D eigenvalue weighted by Crippen LogP contribution is 2.29. The molecule has 1 heterocycles. The van der Waals surface area contributed by atoms with E-state index < -0.39 is 11.6 Å². The maximum atomic E-state index is 13.5. The van der Waals surface area contributed by atoms with Crippen LogP contribution in [0, 0.1) is 18.6 Å². The fraction of sp³-hybridized carbons (Fsp3) is 0.211. The van der Waals surface area contributed by atoms with Crippen molar-refractivity contribution in [1.82, 2.24) is 9.78 Å². The zero-order valence-electron chi connectivity index (χ0n) is 13.3. The molecule has 0 unspecified atom stereocenters. The first-order chi connectivity index (χ1) is 11.0. The molecular formula is C19H18F2N2. The lowest BCUT2D eigenvalue weighted by Crippen LogP contribution is -2.02. The number of halogens is 2. The fourth-order valence-electron chi connectivity index (χ4n) is 2.63. The van der Waals surface area contributed by atoms with Gasteiger partial charge in [-0.05, 0) is 53.8 Å². The van der Waals surface area contributed by atoms with E-state index in [0.29, 0.717) is 11.5 Å². The summed E-state index contributed by atoms with van der Waals surface area (Å²) in [7, 11) is 0. The summed E-state index contributed by atoms with van der Waals surface area (Å²) in [5, 5.41) is 4.47. The minimum Gasteiger partial charge on any atom is -0.240 e. The van der Waals surface area contributed by atoms with Gasteiger partial charge in [-0.25, -0.2) is 13.5 Å². The second-order valence-corrected chi connectivity index (χ2v) is 5.96. The third-order valence-corrected chi connectivity index (χ3v) is 3.87. The van der Waals surface area contributed by atoms with Gasteiger partial charge in [0.05, 0.1) is 11.4 Å². The SMILES string of the molecule is Cc1ccn(-c2cc(-c3ccc(F)c(F)c3)ccc2C(C)C)n1. The zero-order valence-corrected chi connectivity index (χ0v) is 13.3. The van der Waals surface area contributed by atoms with Crippen LogP contribution < -0.4 is 0 Å². The maximum Gasteiger partial charge on any atom is 0.159 e. The van der Waals surface area contributed by atoms with Gasteiger partial charge in [-0.3, -0.25) is 0 Å². The fourth-order valence-corrected chi connectivity index (χ4v) is 2.63. The van der Waals surface area contributed by atoms with E-state index in [4.69, 9.17) is 0 Å². The molecule has 23 heavy (non-hydrogen) atoms. The third-order valence-electron chi connectivity index (χ3n) is 3.87. The first-order valence-electron chi connectivity index (χ1n) is 7.57. The van der Waals surface area contributed by atoms with E-state index >= 15 is 0 Å². The predicted molar refractivity (Wildman–Crippen MR) is 87.7 cm³/mol. The molecule has 0 radical (unpaired) electrons. The van der Waals surface area contributed by atoms with Crippen molar-refractivity contribution >= 4 is 0 Å². The lowest BCUT2D eigenvalue weighted by atomic mass is 9.96. The standard InChI is InChI=1S/C19H18F2N2/c1-12(2)16-6-4-15(14-5-7-17(20)18(21)10-14)11-19(16)23-9-8-13(3)22-23/h4-12H,1-3H3. The van der Waals surface area contributed by atoms with Crippen LogP contribution in [0.1, 0.15) is 31.0 Å². The lowest BCUT2D eigenvalue weighted by molar-refractivity contribution is 0.509. The molecule has 0 aliphatic heterocycles. The van der Waals surface area contributed by atoms with E-state index in [9.17, 15) is 8.78 Å². The van der Waals surface area contributed by atoms with E-state index in [0.717, 1.165) is 28.6 Å². The van der Waals surface area contributed by atoms with Crippen molar-refractivity contribution in [2.24, 2.45) is 0 Å². The van der Waals surface area contributed by atoms with Gasteiger partial charge in [-0.2, -0.15) is 5.10 Å². The Balaban J connectivity index is 2.15. The molecule has 0 bridgehead atoms. The van der Waals surface area contributed by atoms with Crippen LogP contribution in [0.25, 0.3) is 16.8 Å². The largest absolute Gasteiger partial charge is 0.240 e. The molecule has 0 N–H and O–H groups in total. The van der Waals surface area contributed by atoms with Crippen LogP contribution >= 0.6 is 0 Å². The number of nitrogens with zero attached hydrogens (tertiary/aromatic N) is 2. The smallest absolute Gasteiger partial charge is 0.159 e. The van der Waals surface area contributed by atoms with E-state index in [2.05, 4.69) is 18.9 Å². The van der Waals surface area contributed by atoms with Crippen LogP contribution in [0.3, 0.4) is 0 Å². The highest BCUT2D eigenvalue weighted by molar-refractivity contribution is 5.67. The number of aromatic nitrogens is 2. The average Bonchev–Trinajstić information content (AvgIpc) is 2.96. The Morgan fingerprint density at radius 3 is 2.22 bits per heavy atom.